The topological polar surface area (TPSA) is 69.6 Å². The van der Waals surface area contributed by atoms with E-state index in [1.165, 1.54) is 18.6 Å². The number of carboxylic acid groups (broad SMARTS) is 1. The Hall–Kier alpha value is -0.910. The molecule has 6 heteroatoms. The lowest BCUT2D eigenvalue weighted by atomic mass is 10.2. The Balaban J connectivity index is 3.84. The maximum absolute atomic E-state index is 12.0. The van der Waals surface area contributed by atoms with Gasteiger partial charge in [-0.25, -0.2) is 4.79 Å². The SMILES string of the molecule is CCN(C(=O)NCCCCCCSC)C(C)CC(=O)O. The van der Waals surface area contributed by atoms with E-state index in [-0.39, 0.29) is 18.5 Å². The summed E-state index contributed by atoms with van der Waals surface area (Å²) in [5, 5.41) is 11.6. The van der Waals surface area contributed by atoms with Crippen molar-refractivity contribution >= 4 is 23.8 Å². The third-order valence-electron chi connectivity index (χ3n) is 3.16. The molecule has 0 saturated heterocycles. The van der Waals surface area contributed by atoms with E-state index >= 15 is 0 Å². The van der Waals surface area contributed by atoms with Crippen LogP contribution in [0.4, 0.5) is 4.79 Å². The van der Waals surface area contributed by atoms with Crippen LogP contribution >= 0.6 is 11.8 Å². The van der Waals surface area contributed by atoms with Crippen LogP contribution in [0.15, 0.2) is 0 Å². The molecule has 0 rings (SSSR count). The van der Waals surface area contributed by atoms with Gasteiger partial charge in [0, 0.05) is 19.1 Å². The highest BCUT2D eigenvalue weighted by Crippen LogP contribution is 2.06. The maximum atomic E-state index is 12.0. The summed E-state index contributed by atoms with van der Waals surface area (Å²) < 4.78 is 0. The molecule has 118 valence electrons. The van der Waals surface area contributed by atoms with Gasteiger partial charge in [0.1, 0.15) is 0 Å². The first kappa shape index (κ1) is 19.1. The largest absolute Gasteiger partial charge is 0.481 e. The summed E-state index contributed by atoms with van der Waals surface area (Å²) >= 11 is 1.86. The quantitative estimate of drug-likeness (QED) is 0.576. The zero-order chi connectivity index (χ0) is 15.4. The van der Waals surface area contributed by atoms with Gasteiger partial charge >= 0.3 is 12.0 Å². The Morgan fingerprint density at radius 3 is 2.45 bits per heavy atom. The number of aliphatic carboxylic acids is 1. The molecular weight excluding hydrogens is 276 g/mol. The molecule has 1 unspecified atom stereocenters. The van der Waals surface area contributed by atoms with Crippen LogP contribution in [0, 0.1) is 0 Å². The molecule has 20 heavy (non-hydrogen) atoms. The molecule has 0 aromatic rings. The molecule has 0 heterocycles. The number of nitrogens with one attached hydrogen (secondary N) is 1. The van der Waals surface area contributed by atoms with Gasteiger partial charge < -0.3 is 15.3 Å². The molecule has 0 aliphatic carbocycles. The fourth-order valence-electron chi connectivity index (χ4n) is 2.04. The second-order valence-corrected chi connectivity index (χ2v) is 5.86. The van der Waals surface area contributed by atoms with Gasteiger partial charge in [-0.1, -0.05) is 12.8 Å². The average Bonchev–Trinajstić information content (AvgIpc) is 2.37. The zero-order valence-corrected chi connectivity index (χ0v) is 13.7. The van der Waals surface area contributed by atoms with Gasteiger partial charge in [0.25, 0.3) is 0 Å². The van der Waals surface area contributed by atoms with Gasteiger partial charge in [0.15, 0.2) is 0 Å². The minimum atomic E-state index is -0.877. The number of nitrogens with zero attached hydrogens (tertiary/aromatic N) is 1. The van der Waals surface area contributed by atoms with Crippen molar-refractivity contribution in [3.8, 4) is 0 Å². The molecule has 0 aliphatic heterocycles. The van der Waals surface area contributed by atoms with Gasteiger partial charge in [-0.2, -0.15) is 11.8 Å². The molecule has 2 amide bonds. The highest BCUT2D eigenvalue weighted by molar-refractivity contribution is 7.98. The summed E-state index contributed by atoms with van der Waals surface area (Å²) in [5.41, 5.74) is 0. The predicted molar refractivity (Wildman–Crippen MR) is 84.3 cm³/mol. The van der Waals surface area contributed by atoms with E-state index in [0.29, 0.717) is 13.1 Å². The van der Waals surface area contributed by atoms with Crippen LogP contribution < -0.4 is 5.32 Å². The van der Waals surface area contributed by atoms with E-state index in [4.69, 9.17) is 5.11 Å². The number of hydrogen-bond acceptors (Lipinski definition) is 3. The third kappa shape index (κ3) is 9.07. The molecule has 0 aliphatic rings. The van der Waals surface area contributed by atoms with Gasteiger partial charge in [-0.05, 0) is 38.7 Å². The Morgan fingerprint density at radius 2 is 1.90 bits per heavy atom. The number of urea groups is 1. The van der Waals surface area contributed by atoms with E-state index in [2.05, 4.69) is 11.6 Å². The van der Waals surface area contributed by atoms with Crippen molar-refractivity contribution in [3.05, 3.63) is 0 Å². The number of carbonyl (C=O) groups excluding carboxylic acids is 1. The molecule has 0 radical (unpaired) electrons. The fourth-order valence-corrected chi connectivity index (χ4v) is 2.53. The standard InChI is InChI=1S/C14H28N2O3S/c1-4-16(12(2)11-13(17)18)14(19)15-9-7-5-6-8-10-20-3/h12H,4-11H2,1-3H3,(H,15,19)(H,17,18). The number of rotatable bonds is 11. The smallest absolute Gasteiger partial charge is 0.317 e. The molecule has 0 fully saturated rings. The van der Waals surface area contributed by atoms with E-state index in [9.17, 15) is 9.59 Å². The highest BCUT2D eigenvalue weighted by atomic mass is 32.2. The van der Waals surface area contributed by atoms with Crippen LogP contribution in [0.3, 0.4) is 0 Å². The summed E-state index contributed by atoms with van der Waals surface area (Å²) in [5.74, 6) is 0.320. The minimum absolute atomic E-state index is 0.0179. The summed E-state index contributed by atoms with van der Waals surface area (Å²) in [6.07, 6.45) is 6.62. The number of carbonyl (C=O) groups is 2. The summed E-state index contributed by atoms with van der Waals surface area (Å²) in [4.78, 5) is 24.2. The fraction of sp³-hybridized carbons (Fsp3) is 0.857. The maximum Gasteiger partial charge on any atom is 0.317 e. The lowest BCUT2D eigenvalue weighted by Gasteiger charge is -2.27. The van der Waals surface area contributed by atoms with Gasteiger partial charge in [-0.15, -0.1) is 0 Å². The van der Waals surface area contributed by atoms with Gasteiger partial charge in [0.2, 0.25) is 0 Å². The average molecular weight is 304 g/mol. The monoisotopic (exact) mass is 304 g/mol. The van der Waals surface area contributed by atoms with Crippen molar-refractivity contribution < 1.29 is 14.7 Å². The number of hydrogen-bond donors (Lipinski definition) is 2. The van der Waals surface area contributed by atoms with Crippen molar-refractivity contribution in [1.82, 2.24) is 10.2 Å². The van der Waals surface area contributed by atoms with E-state index < -0.39 is 5.97 Å². The van der Waals surface area contributed by atoms with Gasteiger partial charge in [0.05, 0.1) is 6.42 Å². The second-order valence-electron chi connectivity index (χ2n) is 4.87. The van der Waals surface area contributed by atoms with Crippen LogP contribution in [0.2, 0.25) is 0 Å². The lowest BCUT2D eigenvalue weighted by molar-refractivity contribution is -0.138. The van der Waals surface area contributed by atoms with Crippen molar-refractivity contribution in [2.24, 2.45) is 0 Å². The zero-order valence-electron chi connectivity index (χ0n) is 12.9. The van der Waals surface area contributed by atoms with Crippen molar-refractivity contribution in [2.75, 3.05) is 25.1 Å². The molecule has 0 aromatic carbocycles. The third-order valence-corrected chi connectivity index (χ3v) is 3.85. The first-order chi connectivity index (χ1) is 9.52. The van der Waals surface area contributed by atoms with Crippen LogP contribution in [0.5, 0.6) is 0 Å². The summed E-state index contributed by atoms with van der Waals surface area (Å²) in [6, 6.07) is -0.440. The first-order valence-electron chi connectivity index (χ1n) is 7.28. The summed E-state index contributed by atoms with van der Waals surface area (Å²) in [6.45, 7) is 4.81. The molecular formula is C14H28N2O3S. The van der Waals surface area contributed by atoms with Crippen LogP contribution in [-0.2, 0) is 4.79 Å². The molecule has 2 N–H and O–H groups in total. The number of carboxylic acids is 1. The van der Waals surface area contributed by atoms with Crippen LogP contribution in [0.1, 0.15) is 46.0 Å². The molecule has 0 saturated carbocycles. The van der Waals surface area contributed by atoms with Crippen molar-refractivity contribution in [1.29, 1.82) is 0 Å². The van der Waals surface area contributed by atoms with Gasteiger partial charge in [-0.3, -0.25) is 4.79 Å². The predicted octanol–water partition coefficient (Wildman–Crippen LogP) is 2.80. The highest BCUT2D eigenvalue weighted by Gasteiger charge is 2.20. The van der Waals surface area contributed by atoms with Crippen molar-refractivity contribution in [3.63, 3.8) is 0 Å². The number of amides is 2. The Labute approximate surface area is 126 Å². The Morgan fingerprint density at radius 1 is 1.25 bits per heavy atom. The molecule has 0 bridgehead atoms. The van der Waals surface area contributed by atoms with Crippen LogP contribution in [-0.4, -0.2) is 53.1 Å². The second kappa shape index (κ2) is 11.9. The van der Waals surface area contributed by atoms with E-state index in [0.717, 1.165) is 12.8 Å². The Bertz CT molecular complexity index is 288. The first-order valence-corrected chi connectivity index (χ1v) is 8.67. The lowest BCUT2D eigenvalue weighted by Crippen LogP contribution is -2.45. The molecule has 5 nitrogen and oxygen atoms in total. The summed E-state index contributed by atoms with van der Waals surface area (Å²) in [7, 11) is 0. The van der Waals surface area contributed by atoms with E-state index in [1.807, 2.05) is 18.7 Å². The molecule has 0 spiro atoms. The normalized spacial score (nSPS) is 11.9. The Kier molecular flexibility index (Phi) is 11.3. The number of thioether (sulfide) groups is 1. The van der Waals surface area contributed by atoms with Crippen LogP contribution in [0.25, 0.3) is 0 Å². The minimum Gasteiger partial charge on any atom is -0.481 e. The van der Waals surface area contributed by atoms with E-state index in [1.54, 1.807) is 11.8 Å². The molecule has 1 atom stereocenters. The molecule has 0 aromatic heterocycles. The van der Waals surface area contributed by atoms with Crippen molar-refractivity contribution in [2.45, 2.75) is 52.0 Å². The number of unbranched alkanes of at least 4 members (excludes halogenated alkanes) is 3.